The minimum atomic E-state index is -1.06. The van der Waals surface area contributed by atoms with Gasteiger partial charge in [-0.3, -0.25) is 4.79 Å². The van der Waals surface area contributed by atoms with E-state index in [9.17, 15) is 4.79 Å². The molecule has 0 aliphatic heterocycles. The molecule has 1 aromatic rings. The Morgan fingerprint density at radius 3 is 2.38 bits per heavy atom. The first-order valence-electron chi connectivity index (χ1n) is 7.98. The molecule has 0 saturated heterocycles. The van der Waals surface area contributed by atoms with Crippen LogP contribution < -0.4 is 11.5 Å². The second-order valence-corrected chi connectivity index (χ2v) is 6.62. The molecule has 3 rings (SSSR count). The summed E-state index contributed by atoms with van der Waals surface area (Å²) >= 11 is 0. The molecule has 2 saturated carbocycles. The number of rotatable bonds is 8. The van der Waals surface area contributed by atoms with Crippen molar-refractivity contribution >= 4 is 5.91 Å². The van der Waals surface area contributed by atoms with Crippen LogP contribution in [-0.4, -0.2) is 29.9 Å². The normalized spacial score (nSPS) is 21.2. The van der Waals surface area contributed by atoms with Crippen molar-refractivity contribution in [3.8, 4) is 0 Å². The average Bonchev–Trinajstić information content (AvgIpc) is 3.37. The van der Waals surface area contributed by atoms with Gasteiger partial charge in [0.1, 0.15) is 5.54 Å². The van der Waals surface area contributed by atoms with Crippen molar-refractivity contribution in [2.24, 2.45) is 17.4 Å². The maximum absolute atomic E-state index is 11.9. The number of hydrogen-bond acceptors (Lipinski definition) is 3. The number of hydrogen-bond donors (Lipinski definition) is 2. The van der Waals surface area contributed by atoms with Crippen LogP contribution in [0.15, 0.2) is 30.3 Å². The number of benzene rings is 1. The quantitative estimate of drug-likeness (QED) is 0.762. The molecular weight excluding hydrogens is 262 g/mol. The van der Waals surface area contributed by atoms with Gasteiger partial charge in [-0.25, -0.2) is 0 Å². The molecule has 114 valence electrons. The molecule has 0 heterocycles. The lowest BCUT2D eigenvalue weighted by atomic mass is 9.86. The fourth-order valence-electron chi connectivity index (χ4n) is 2.96. The molecule has 0 spiro atoms. The van der Waals surface area contributed by atoms with Crippen LogP contribution in [-0.2, 0) is 10.3 Å². The highest BCUT2D eigenvalue weighted by molar-refractivity contribution is 5.85. The lowest BCUT2D eigenvalue weighted by Crippen LogP contribution is -2.51. The van der Waals surface area contributed by atoms with E-state index in [0.29, 0.717) is 12.5 Å². The zero-order valence-corrected chi connectivity index (χ0v) is 12.5. The second-order valence-electron chi connectivity index (χ2n) is 6.62. The molecule has 1 amide bonds. The van der Waals surface area contributed by atoms with Gasteiger partial charge in [0, 0.05) is 19.1 Å². The monoisotopic (exact) mass is 287 g/mol. The zero-order valence-electron chi connectivity index (χ0n) is 12.5. The third kappa shape index (κ3) is 3.44. The third-order valence-corrected chi connectivity index (χ3v) is 4.77. The van der Waals surface area contributed by atoms with Crippen molar-refractivity contribution in [3.63, 3.8) is 0 Å². The summed E-state index contributed by atoms with van der Waals surface area (Å²) in [4.78, 5) is 14.5. The molecule has 0 radical (unpaired) electrons. The standard InChI is InChI=1S/C17H25N3O/c18-16(21)17(19,14-4-2-1-3-5-14)10-11-20(15-8-9-15)12-13-6-7-13/h1-5,13,15H,6-12,19H2,(H2,18,21). The number of amides is 1. The topological polar surface area (TPSA) is 72.3 Å². The van der Waals surface area contributed by atoms with E-state index in [0.717, 1.165) is 24.6 Å². The summed E-state index contributed by atoms with van der Waals surface area (Å²) in [7, 11) is 0. The van der Waals surface area contributed by atoms with E-state index < -0.39 is 11.4 Å². The maximum atomic E-state index is 11.9. The molecular formula is C17H25N3O. The predicted molar refractivity (Wildman–Crippen MR) is 83.4 cm³/mol. The molecule has 0 aromatic heterocycles. The van der Waals surface area contributed by atoms with Gasteiger partial charge in [0.25, 0.3) is 0 Å². The van der Waals surface area contributed by atoms with Crippen LogP contribution in [0.4, 0.5) is 0 Å². The molecule has 0 bridgehead atoms. The summed E-state index contributed by atoms with van der Waals surface area (Å²) < 4.78 is 0. The number of nitrogens with zero attached hydrogens (tertiary/aromatic N) is 1. The van der Waals surface area contributed by atoms with Crippen molar-refractivity contribution in [2.75, 3.05) is 13.1 Å². The first-order chi connectivity index (χ1) is 10.1. The number of nitrogens with two attached hydrogens (primary N) is 2. The summed E-state index contributed by atoms with van der Waals surface area (Å²) in [5, 5.41) is 0. The molecule has 2 fully saturated rings. The number of carbonyl (C=O) groups is 1. The molecule has 4 nitrogen and oxygen atoms in total. The van der Waals surface area contributed by atoms with Gasteiger partial charge in [-0.15, -0.1) is 0 Å². The van der Waals surface area contributed by atoms with Gasteiger partial charge in [0.15, 0.2) is 0 Å². The lowest BCUT2D eigenvalue weighted by Gasteiger charge is -2.30. The van der Waals surface area contributed by atoms with Crippen LogP contribution in [0.5, 0.6) is 0 Å². The van der Waals surface area contributed by atoms with Gasteiger partial charge in [-0.05, 0) is 43.6 Å². The van der Waals surface area contributed by atoms with Gasteiger partial charge in [-0.1, -0.05) is 30.3 Å². The Morgan fingerprint density at radius 2 is 1.86 bits per heavy atom. The maximum Gasteiger partial charge on any atom is 0.242 e. The van der Waals surface area contributed by atoms with E-state index in [1.807, 2.05) is 30.3 Å². The van der Waals surface area contributed by atoms with Gasteiger partial charge < -0.3 is 16.4 Å². The van der Waals surface area contributed by atoms with Crippen molar-refractivity contribution in [1.82, 2.24) is 4.90 Å². The fraction of sp³-hybridized carbons (Fsp3) is 0.588. The van der Waals surface area contributed by atoms with Crippen LogP contribution in [0.1, 0.15) is 37.7 Å². The first-order valence-corrected chi connectivity index (χ1v) is 7.98. The van der Waals surface area contributed by atoms with E-state index in [4.69, 9.17) is 11.5 Å². The third-order valence-electron chi connectivity index (χ3n) is 4.77. The van der Waals surface area contributed by atoms with E-state index in [-0.39, 0.29) is 0 Å². The summed E-state index contributed by atoms with van der Waals surface area (Å²) in [6, 6.07) is 10.2. The summed E-state index contributed by atoms with van der Waals surface area (Å²) in [5.74, 6) is 0.430. The highest BCUT2D eigenvalue weighted by atomic mass is 16.1. The van der Waals surface area contributed by atoms with E-state index in [1.165, 1.54) is 25.7 Å². The lowest BCUT2D eigenvalue weighted by molar-refractivity contribution is -0.123. The second kappa shape index (κ2) is 5.78. The van der Waals surface area contributed by atoms with Gasteiger partial charge in [0.2, 0.25) is 5.91 Å². The molecule has 21 heavy (non-hydrogen) atoms. The average molecular weight is 287 g/mol. The van der Waals surface area contributed by atoms with Gasteiger partial charge >= 0.3 is 0 Å². The minimum Gasteiger partial charge on any atom is -0.368 e. The zero-order chi connectivity index (χ0) is 14.9. The number of carbonyl (C=O) groups excluding carboxylic acids is 1. The van der Waals surface area contributed by atoms with Crippen molar-refractivity contribution in [3.05, 3.63) is 35.9 Å². The fourth-order valence-corrected chi connectivity index (χ4v) is 2.96. The van der Waals surface area contributed by atoms with Gasteiger partial charge in [-0.2, -0.15) is 0 Å². The Kier molecular flexibility index (Phi) is 4.00. The molecule has 2 aliphatic rings. The predicted octanol–water partition coefficient (Wildman–Crippen LogP) is 1.59. The Bertz CT molecular complexity index is 496. The van der Waals surface area contributed by atoms with Crippen molar-refractivity contribution < 1.29 is 4.79 Å². The van der Waals surface area contributed by atoms with Crippen LogP contribution in [0.2, 0.25) is 0 Å². The highest BCUT2D eigenvalue weighted by Gasteiger charge is 2.38. The van der Waals surface area contributed by atoms with Crippen molar-refractivity contribution in [2.45, 2.75) is 43.7 Å². The molecule has 4 N–H and O–H groups in total. The summed E-state index contributed by atoms with van der Waals surface area (Å²) in [5.41, 5.74) is 11.7. The van der Waals surface area contributed by atoms with Gasteiger partial charge in [0.05, 0.1) is 0 Å². The summed E-state index contributed by atoms with van der Waals surface area (Å²) in [6.45, 7) is 2.02. The molecule has 1 atom stereocenters. The highest BCUT2D eigenvalue weighted by Crippen LogP contribution is 2.35. The van der Waals surface area contributed by atoms with Crippen LogP contribution >= 0.6 is 0 Å². The minimum absolute atomic E-state index is 0.434. The largest absolute Gasteiger partial charge is 0.368 e. The van der Waals surface area contributed by atoms with Crippen LogP contribution in [0.25, 0.3) is 0 Å². The van der Waals surface area contributed by atoms with Crippen molar-refractivity contribution in [1.29, 1.82) is 0 Å². The first kappa shape index (κ1) is 14.5. The Balaban J connectivity index is 1.68. The summed E-state index contributed by atoms with van der Waals surface area (Å²) in [6.07, 6.45) is 5.87. The Morgan fingerprint density at radius 1 is 1.19 bits per heavy atom. The molecule has 1 unspecified atom stereocenters. The van der Waals surface area contributed by atoms with Crippen LogP contribution in [0, 0.1) is 5.92 Å². The SMILES string of the molecule is NC(=O)C(N)(CCN(CC1CC1)C1CC1)c1ccccc1. The number of primary amides is 1. The Labute approximate surface area is 126 Å². The Hall–Kier alpha value is -1.39. The van der Waals surface area contributed by atoms with Crippen LogP contribution in [0.3, 0.4) is 0 Å². The smallest absolute Gasteiger partial charge is 0.242 e. The molecule has 4 heteroatoms. The molecule has 2 aliphatic carbocycles. The van der Waals surface area contributed by atoms with E-state index in [1.54, 1.807) is 0 Å². The van der Waals surface area contributed by atoms with E-state index >= 15 is 0 Å². The van der Waals surface area contributed by atoms with E-state index in [2.05, 4.69) is 4.90 Å². The molecule has 1 aromatic carbocycles.